The number of fused-ring (bicyclic) bond motifs is 1. The van der Waals surface area contributed by atoms with Gasteiger partial charge in [-0.15, -0.1) is 0 Å². The number of pyridine rings is 1. The molecule has 134 valence electrons. The van der Waals surface area contributed by atoms with Crippen LogP contribution in [-0.2, 0) is 20.6 Å². The molecule has 0 spiro atoms. The molecule has 0 saturated carbocycles. The van der Waals surface area contributed by atoms with E-state index in [0.717, 1.165) is 4.57 Å². The van der Waals surface area contributed by atoms with Crippen molar-refractivity contribution in [3.8, 4) is 6.07 Å². The van der Waals surface area contributed by atoms with Gasteiger partial charge in [0.15, 0.2) is 0 Å². The number of hydrogen-bond donors (Lipinski definition) is 1. The Kier molecular flexibility index (Phi) is 4.34. The second-order valence-corrected chi connectivity index (χ2v) is 6.25. The Bertz CT molecular complexity index is 1160. The van der Waals surface area contributed by atoms with Crippen molar-refractivity contribution in [3.05, 3.63) is 55.1 Å². The van der Waals surface area contributed by atoms with E-state index < -0.39 is 11.2 Å². The maximum Gasteiger partial charge on any atom is 0.332 e. The molecule has 2 aromatic rings. The number of rotatable bonds is 2. The van der Waals surface area contributed by atoms with Crippen molar-refractivity contribution in [1.29, 1.82) is 5.26 Å². The molecule has 0 aromatic carbocycles. The van der Waals surface area contributed by atoms with E-state index in [0.29, 0.717) is 28.0 Å². The minimum absolute atomic E-state index is 0.0633. The molecule has 2 N–H and O–H groups in total. The number of allylic oxidation sites excluding steroid dienone is 4. The van der Waals surface area contributed by atoms with Crippen LogP contribution in [-0.4, -0.2) is 14.1 Å². The molecule has 7 nitrogen and oxygen atoms in total. The van der Waals surface area contributed by atoms with Crippen LogP contribution in [0.1, 0.15) is 29.7 Å². The SMILES string of the molecule is Cc1nc2c(c(C3=C(C#N)CCC(F)=C3)c1CN)c(=O)n(C)c(=O)n2C. The van der Waals surface area contributed by atoms with Crippen LogP contribution >= 0.6 is 0 Å². The van der Waals surface area contributed by atoms with Crippen LogP contribution in [0.3, 0.4) is 0 Å². The Morgan fingerprint density at radius 1 is 1.31 bits per heavy atom. The fourth-order valence-electron chi connectivity index (χ4n) is 3.32. The van der Waals surface area contributed by atoms with Gasteiger partial charge in [0.25, 0.3) is 5.56 Å². The van der Waals surface area contributed by atoms with Crippen molar-refractivity contribution in [2.24, 2.45) is 19.8 Å². The molecule has 0 fully saturated rings. The Balaban J connectivity index is 2.65. The highest BCUT2D eigenvalue weighted by molar-refractivity contribution is 5.96. The molecule has 3 rings (SSSR count). The van der Waals surface area contributed by atoms with E-state index in [9.17, 15) is 19.2 Å². The van der Waals surface area contributed by atoms with Gasteiger partial charge in [0.2, 0.25) is 0 Å². The molecule has 0 atom stereocenters. The number of halogens is 1. The van der Waals surface area contributed by atoms with E-state index >= 15 is 0 Å². The third-order valence-electron chi connectivity index (χ3n) is 4.74. The lowest BCUT2D eigenvalue weighted by Gasteiger charge is -2.20. The summed E-state index contributed by atoms with van der Waals surface area (Å²) in [5.41, 5.74) is 7.20. The van der Waals surface area contributed by atoms with E-state index in [1.54, 1.807) is 6.92 Å². The third-order valence-corrected chi connectivity index (χ3v) is 4.74. The van der Waals surface area contributed by atoms with Crippen molar-refractivity contribution in [3.63, 3.8) is 0 Å². The highest BCUT2D eigenvalue weighted by atomic mass is 19.1. The second-order valence-electron chi connectivity index (χ2n) is 6.25. The summed E-state index contributed by atoms with van der Waals surface area (Å²) in [4.78, 5) is 29.5. The molecule has 0 amide bonds. The maximum absolute atomic E-state index is 14.0. The van der Waals surface area contributed by atoms with Crippen molar-refractivity contribution in [2.45, 2.75) is 26.3 Å². The third kappa shape index (κ3) is 2.48. The Hall–Kier alpha value is -3.05. The van der Waals surface area contributed by atoms with Crippen LogP contribution in [0.4, 0.5) is 4.39 Å². The maximum atomic E-state index is 14.0. The largest absolute Gasteiger partial charge is 0.332 e. The lowest BCUT2D eigenvalue weighted by Crippen LogP contribution is -2.38. The van der Waals surface area contributed by atoms with Gasteiger partial charge in [-0.05, 0) is 30.6 Å². The molecule has 1 aliphatic rings. The number of aryl methyl sites for hydroxylation is 2. The van der Waals surface area contributed by atoms with Gasteiger partial charge in [0.1, 0.15) is 11.5 Å². The van der Waals surface area contributed by atoms with E-state index in [1.165, 1.54) is 24.7 Å². The molecule has 0 unspecified atom stereocenters. The van der Waals surface area contributed by atoms with Gasteiger partial charge in [0, 0.05) is 43.9 Å². The van der Waals surface area contributed by atoms with Crippen molar-refractivity contribution in [2.75, 3.05) is 0 Å². The summed E-state index contributed by atoms with van der Waals surface area (Å²) in [6, 6.07) is 2.10. The lowest BCUT2D eigenvalue weighted by atomic mass is 9.88. The average Bonchev–Trinajstić information content (AvgIpc) is 2.63. The quantitative estimate of drug-likeness (QED) is 0.874. The summed E-state index contributed by atoms with van der Waals surface area (Å²) in [5, 5.41) is 9.65. The Morgan fingerprint density at radius 2 is 2.00 bits per heavy atom. The van der Waals surface area contributed by atoms with E-state index in [2.05, 4.69) is 11.1 Å². The summed E-state index contributed by atoms with van der Waals surface area (Å²) in [6.45, 7) is 1.77. The number of aromatic nitrogens is 3. The Labute approximate surface area is 148 Å². The van der Waals surface area contributed by atoms with Crippen LogP contribution in [0.5, 0.6) is 0 Å². The molecular weight excluding hydrogens is 337 g/mol. The molecule has 1 aliphatic carbocycles. The van der Waals surface area contributed by atoms with Gasteiger partial charge in [-0.2, -0.15) is 5.26 Å². The summed E-state index contributed by atoms with van der Waals surface area (Å²) < 4.78 is 16.3. The molecule has 0 bridgehead atoms. The molecule has 2 heterocycles. The zero-order chi connectivity index (χ0) is 19.2. The first-order chi connectivity index (χ1) is 12.3. The minimum Gasteiger partial charge on any atom is -0.326 e. The van der Waals surface area contributed by atoms with Gasteiger partial charge < -0.3 is 5.73 Å². The molecule has 0 radical (unpaired) electrons. The highest BCUT2D eigenvalue weighted by Crippen LogP contribution is 2.36. The summed E-state index contributed by atoms with van der Waals surface area (Å²) in [5.74, 6) is -0.369. The van der Waals surface area contributed by atoms with Crippen LogP contribution < -0.4 is 17.0 Å². The molecular formula is C18H18FN5O2. The summed E-state index contributed by atoms with van der Waals surface area (Å²) in [7, 11) is 2.88. The van der Waals surface area contributed by atoms with Crippen molar-refractivity contribution >= 4 is 16.6 Å². The average molecular weight is 355 g/mol. The lowest BCUT2D eigenvalue weighted by molar-refractivity contribution is 0.586. The monoisotopic (exact) mass is 355 g/mol. The van der Waals surface area contributed by atoms with Crippen molar-refractivity contribution < 1.29 is 4.39 Å². The second kappa shape index (κ2) is 6.35. The standard InChI is InChI=1S/C18H18FN5O2/c1-9-13(8-21)14(12-6-11(19)5-4-10(12)7-20)15-16(22-9)23(2)18(26)24(3)17(15)25/h6H,4-5,8,21H2,1-3H3. The zero-order valence-electron chi connectivity index (χ0n) is 14.8. The zero-order valence-corrected chi connectivity index (χ0v) is 14.8. The van der Waals surface area contributed by atoms with Crippen LogP contribution in [0.2, 0.25) is 0 Å². The van der Waals surface area contributed by atoms with Gasteiger partial charge in [-0.3, -0.25) is 13.9 Å². The van der Waals surface area contributed by atoms with Gasteiger partial charge in [-0.1, -0.05) is 0 Å². The smallest absolute Gasteiger partial charge is 0.326 e. The summed E-state index contributed by atoms with van der Waals surface area (Å²) in [6.07, 6.45) is 1.66. The normalized spacial score (nSPS) is 14.5. The predicted octanol–water partition coefficient (Wildman–Crippen LogP) is 1.32. The number of nitriles is 1. The van der Waals surface area contributed by atoms with Gasteiger partial charge in [0.05, 0.1) is 11.5 Å². The molecule has 26 heavy (non-hydrogen) atoms. The van der Waals surface area contributed by atoms with E-state index in [1.807, 2.05) is 0 Å². The van der Waals surface area contributed by atoms with E-state index in [4.69, 9.17) is 5.73 Å². The summed E-state index contributed by atoms with van der Waals surface area (Å²) >= 11 is 0. The van der Waals surface area contributed by atoms with Crippen LogP contribution in [0, 0.1) is 18.3 Å². The van der Waals surface area contributed by atoms with Crippen LogP contribution in [0.15, 0.2) is 27.1 Å². The van der Waals surface area contributed by atoms with Gasteiger partial charge in [-0.25, -0.2) is 14.2 Å². The molecule has 2 aromatic heterocycles. The van der Waals surface area contributed by atoms with Crippen molar-refractivity contribution in [1.82, 2.24) is 14.1 Å². The van der Waals surface area contributed by atoms with E-state index in [-0.39, 0.29) is 36.2 Å². The Morgan fingerprint density at radius 3 is 2.62 bits per heavy atom. The fraction of sp³-hybridized carbons (Fsp3) is 0.333. The fourth-order valence-corrected chi connectivity index (χ4v) is 3.32. The number of nitrogens with zero attached hydrogens (tertiary/aromatic N) is 4. The van der Waals surface area contributed by atoms with Gasteiger partial charge >= 0.3 is 5.69 Å². The minimum atomic E-state index is -0.551. The predicted molar refractivity (Wildman–Crippen MR) is 95.8 cm³/mol. The first-order valence-corrected chi connectivity index (χ1v) is 8.10. The number of hydrogen-bond acceptors (Lipinski definition) is 5. The molecule has 0 aliphatic heterocycles. The topological polar surface area (TPSA) is 107 Å². The molecule has 0 saturated heterocycles. The first kappa shape index (κ1) is 17.8. The number of nitrogens with two attached hydrogens (primary N) is 1. The van der Waals surface area contributed by atoms with Crippen LogP contribution in [0.25, 0.3) is 16.6 Å². The highest BCUT2D eigenvalue weighted by Gasteiger charge is 2.24. The molecule has 8 heteroatoms. The first-order valence-electron chi connectivity index (χ1n) is 8.10.